The van der Waals surface area contributed by atoms with Crippen molar-refractivity contribution in [1.29, 1.82) is 0 Å². The summed E-state index contributed by atoms with van der Waals surface area (Å²) in [5.74, 6) is 0.790. The molecule has 4 aromatic rings. The number of hydrogen-bond donors (Lipinski definition) is 1. The van der Waals surface area contributed by atoms with Gasteiger partial charge >= 0.3 is 0 Å². The second-order valence-corrected chi connectivity index (χ2v) is 6.57. The molecule has 0 aliphatic rings. The van der Waals surface area contributed by atoms with E-state index in [1.54, 1.807) is 24.3 Å². The first-order valence-corrected chi connectivity index (χ1v) is 9.21. The van der Waals surface area contributed by atoms with Crippen molar-refractivity contribution in [2.24, 2.45) is 0 Å². The lowest BCUT2D eigenvalue weighted by atomic mass is 10.2. The van der Waals surface area contributed by atoms with Crippen molar-refractivity contribution in [2.75, 3.05) is 6.54 Å². The summed E-state index contributed by atoms with van der Waals surface area (Å²) in [7, 11) is 0. The molecular formula is C22H20FN3O2. The zero-order chi connectivity index (χ0) is 19.3. The zero-order valence-corrected chi connectivity index (χ0v) is 15.3. The molecule has 28 heavy (non-hydrogen) atoms. The second-order valence-electron chi connectivity index (χ2n) is 6.57. The molecule has 1 amide bonds. The van der Waals surface area contributed by atoms with Crippen molar-refractivity contribution in [2.45, 2.75) is 19.4 Å². The summed E-state index contributed by atoms with van der Waals surface area (Å²) >= 11 is 0. The number of hydrogen-bond acceptors (Lipinski definition) is 3. The average molecular weight is 377 g/mol. The monoisotopic (exact) mass is 377 g/mol. The van der Waals surface area contributed by atoms with Crippen LogP contribution in [0.25, 0.3) is 11.0 Å². The third-order valence-electron chi connectivity index (χ3n) is 4.60. The molecular weight excluding hydrogens is 357 g/mol. The maximum absolute atomic E-state index is 13.2. The van der Waals surface area contributed by atoms with Crippen molar-refractivity contribution in [3.05, 3.63) is 89.9 Å². The number of benzene rings is 2. The van der Waals surface area contributed by atoms with Crippen LogP contribution in [0.4, 0.5) is 4.39 Å². The number of nitrogens with one attached hydrogen (secondary N) is 1. The molecule has 2 heterocycles. The van der Waals surface area contributed by atoms with E-state index >= 15 is 0 Å². The lowest BCUT2D eigenvalue weighted by Crippen LogP contribution is -2.24. The highest BCUT2D eigenvalue weighted by Crippen LogP contribution is 2.19. The Hall–Kier alpha value is -3.41. The van der Waals surface area contributed by atoms with Crippen LogP contribution >= 0.6 is 0 Å². The van der Waals surface area contributed by atoms with E-state index in [0.717, 1.165) is 28.8 Å². The molecule has 0 unspecified atom stereocenters. The van der Waals surface area contributed by atoms with E-state index in [4.69, 9.17) is 9.40 Å². The third-order valence-corrected chi connectivity index (χ3v) is 4.60. The summed E-state index contributed by atoms with van der Waals surface area (Å²) in [4.78, 5) is 16.7. The van der Waals surface area contributed by atoms with Crippen molar-refractivity contribution < 1.29 is 13.6 Å². The average Bonchev–Trinajstić information content (AvgIpc) is 3.36. The summed E-state index contributed by atoms with van der Waals surface area (Å²) < 4.78 is 20.4. The van der Waals surface area contributed by atoms with Crippen molar-refractivity contribution in [3.63, 3.8) is 0 Å². The van der Waals surface area contributed by atoms with Crippen LogP contribution in [-0.4, -0.2) is 22.0 Å². The minimum Gasteiger partial charge on any atom is -0.459 e. The van der Waals surface area contributed by atoms with Gasteiger partial charge in [0.1, 0.15) is 11.6 Å². The van der Waals surface area contributed by atoms with Gasteiger partial charge in [-0.05, 0) is 48.4 Å². The molecule has 2 aromatic heterocycles. The molecule has 0 radical (unpaired) electrons. The number of rotatable bonds is 7. The van der Waals surface area contributed by atoms with Gasteiger partial charge in [-0.25, -0.2) is 9.37 Å². The standard InChI is InChI=1S/C22H20FN3O2/c23-17-11-9-16(10-12-17)15-26-19-6-2-1-5-18(19)25-21(26)8-3-13-24-22(27)20-7-4-14-28-20/h1-2,4-7,9-12,14H,3,8,13,15H2,(H,24,27). The van der Waals surface area contributed by atoms with Gasteiger partial charge < -0.3 is 14.3 Å². The second kappa shape index (κ2) is 8.08. The Bertz CT molecular complexity index is 1070. The summed E-state index contributed by atoms with van der Waals surface area (Å²) in [6.45, 7) is 1.15. The summed E-state index contributed by atoms with van der Waals surface area (Å²) in [6, 6.07) is 17.8. The maximum Gasteiger partial charge on any atom is 0.286 e. The van der Waals surface area contributed by atoms with Gasteiger partial charge in [-0.1, -0.05) is 24.3 Å². The largest absolute Gasteiger partial charge is 0.459 e. The Morgan fingerprint density at radius 3 is 2.68 bits per heavy atom. The molecule has 6 heteroatoms. The van der Waals surface area contributed by atoms with E-state index in [-0.39, 0.29) is 11.7 Å². The first-order valence-electron chi connectivity index (χ1n) is 9.21. The zero-order valence-electron chi connectivity index (χ0n) is 15.3. The minimum atomic E-state index is -0.244. The van der Waals surface area contributed by atoms with Crippen LogP contribution in [0.2, 0.25) is 0 Å². The molecule has 0 saturated carbocycles. The predicted octanol–water partition coefficient (Wildman–Crippen LogP) is 4.18. The Morgan fingerprint density at radius 1 is 1.07 bits per heavy atom. The Labute approximate surface area is 161 Å². The van der Waals surface area contributed by atoms with Gasteiger partial charge in [0.2, 0.25) is 0 Å². The van der Waals surface area contributed by atoms with Crippen molar-refractivity contribution >= 4 is 16.9 Å². The smallest absolute Gasteiger partial charge is 0.286 e. The van der Waals surface area contributed by atoms with Crippen LogP contribution in [0.15, 0.2) is 71.3 Å². The molecule has 0 bridgehead atoms. The summed E-state index contributed by atoms with van der Waals surface area (Å²) in [5.41, 5.74) is 2.98. The molecule has 142 valence electrons. The van der Waals surface area contributed by atoms with Crippen LogP contribution in [0.5, 0.6) is 0 Å². The Balaban J connectivity index is 1.46. The molecule has 0 aliphatic heterocycles. The number of fused-ring (bicyclic) bond motifs is 1. The number of carbonyl (C=O) groups excluding carboxylic acids is 1. The van der Waals surface area contributed by atoms with Gasteiger partial charge in [-0.2, -0.15) is 0 Å². The van der Waals surface area contributed by atoms with Crippen molar-refractivity contribution in [3.8, 4) is 0 Å². The van der Waals surface area contributed by atoms with Gasteiger partial charge in [0.25, 0.3) is 5.91 Å². The number of amides is 1. The SMILES string of the molecule is O=C(NCCCc1nc2ccccc2n1Cc1ccc(F)cc1)c1ccco1. The van der Waals surface area contributed by atoms with Gasteiger partial charge in [-0.3, -0.25) is 4.79 Å². The Kier molecular flexibility index (Phi) is 5.19. The summed E-state index contributed by atoms with van der Waals surface area (Å²) in [5, 5.41) is 2.85. The molecule has 0 spiro atoms. The van der Waals surface area contributed by atoms with E-state index in [1.165, 1.54) is 18.4 Å². The van der Waals surface area contributed by atoms with E-state index < -0.39 is 0 Å². The maximum atomic E-state index is 13.2. The van der Waals surface area contributed by atoms with Crippen LogP contribution in [0, 0.1) is 5.82 Å². The van der Waals surface area contributed by atoms with E-state index in [2.05, 4.69) is 9.88 Å². The van der Waals surface area contributed by atoms with Crippen LogP contribution in [0.1, 0.15) is 28.4 Å². The van der Waals surface area contributed by atoms with Crippen molar-refractivity contribution in [1.82, 2.24) is 14.9 Å². The molecule has 0 atom stereocenters. The fourth-order valence-electron chi connectivity index (χ4n) is 3.21. The van der Waals surface area contributed by atoms with E-state index in [1.807, 2.05) is 24.3 Å². The first kappa shape index (κ1) is 18.0. The topological polar surface area (TPSA) is 60.1 Å². The normalized spacial score (nSPS) is 11.0. The molecule has 0 saturated heterocycles. The molecule has 0 aliphatic carbocycles. The number of imidazole rings is 1. The number of nitrogens with zero attached hydrogens (tertiary/aromatic N) is 2. The number of furan rings is 1. The molecule has 0 fully saturated rings. The molecule has 2 aromatic carbocycles. The van der Waals surface area contributed by atoms with Gasteiger partial charge in [0, 0.05) is 19.5 Å². The number of halogens is 1. The fourth-order valence-corrected chi connectivity index (χ4v) is 3.21. The lowest BCUT2D eigenvalue weighted by molar-refractivity contribution is 0.0925. The number of aromatic nitrogens is 2. The molecule has 5 nitrogen and oxygen atoms in total. The number of aryl methyl sites for hydroxylation is 1. The summed E-state index contributed by atoms with van der Waals surface area (Å²) in [6.07, 6.45) is 2.94. The third kappa shape index (κ3) is 3.96. The quantitative estimate of drug-likeness (QED) is 0.492. The molecule has 1 N–H and O–H groups in total. The van der Waals surface area contributed by atoms with Gasteiger partial charge in [0.15, 0.2) is 5.76 Å². The van der Waals surface area contributed by atoms with Gasteiger partial charge in [0.05, 0.1) is 17.3 Å². The highest BCUT2D eigenvalue weighted by atomic mass is 19.1. The highest BCUT2D eigenvalue weighted by molar-refractivity contribution is 5.91. The number of para-hydroxylation sites is 2. The fraction of sp³-hybridized carbons (Fsp3) is 0.182. The number of carbonyl (C=O) groups is 1. The van der Waals surface area contributed by atoms with E-state index in [9.17, 15) is 9.18 Å². The lowest BCUT2D eigenvalue weighted by Gasteiger charge is -2.10. The first-order chi connectivity index (χ1) is 13.7. The van der Waals surface area contributed by atoms with Gasteiger partial charge in [-0.15, -0.1) is 0 Å². The highest BCUT2D eigenvalue weighted by Gasteiger charge is 2.12. The Morgan fingerprint density at radius 2 is 1.89 bits per heavy atom. The minimum absolute atomic E-state index is 0.218. The van der Waals surface area contributed by atoms with Crippen LogP contribution < -0.4 is 5.32 Å². The van der Waals surface area contributed by atoms with Crippen LogP contribution in [-0.2, 0) is 13.0 Å². The van der Waals surface area contributed by atoms with E-state index in [0.29, 0.717) is 25.3 Å². The predicted molar refractivity (Wildman–Crippen MR) is 105 cm³/mol. The molecule has 4 rings (SSSR count). The van der Waals surface area contributed by atoms with Crippen LogP contribution in [0.3, 0.4) is 0 Å².